The quantitative estimate of drug-likeness (QED) is 0.611. The lowest BCUT2D eigenvalue weighted by Gasteiger charge is -2.40. The average molecular weight is 243 g/mol. The molecule has 0 saturated carbocycles. The highest BCUT2D eigenvalue weighted by Gasteiger charge is 2.49. The van der Waals surface area contributed by atoms with Crippen LogP contribution in [-0.4, -0.2) is 37.1 Å². The predicted octanol–water partition coefficient (Wildman–Crippen LogP) is 3.25. The highest BCUT2D eigenvalue weighted by molar-refractivity contribution is 4.88. The van der Waals surface area contributed by atoms with Crippen molar-refractivity contribution in [2.24, 2.45) is 5.92 Å². The standard InChI is InChI=1S/C14H29NO2/c1-5-9-10-13-11-12-15(6-2)14(13,16-7-3)17-8-4/h13H,5-12H2,1-4H3. The van der Waals surface area contributed by atoms with Gasteiger partial charge in [-0.25, -0.2) is 0 Å². The second-order valence-electron chi connectivity index (χ2n) is 4.70. The number of hydrogen-bond acceptors (Lipinski definition) is 3. The molecule has 1 aliphatic heterocycles. The molecular formula is C14H29NO2. The summed E-state index contributed by atoms with van der Waals surface area (Å²) in [7, 11) is 0. The molecule has 3 heteroatoms. The zero-order valence-corrected chi connectivity index (χ0v) is 12.0. The van der Waals surface area contributed by atoms with E-state index in [1.165, 1.54) is 25.7 Å². The molecule has 0 aliphatic carbocycles. The number of unbranched alkanes of at least 4 members (excludes halogenated alkanes) is 1. The smallest absolute Gasteiger partial charge is 0.232 e. The monoisotopic (exact) mass is 243 g/mol. The van der Waals surface area contributed by atoms with Crippen molar-refractivity contribution in [2.75, 3.05) is 26.3 Å². The van der Waals surface area contributed by atoms with E-state index in [-0.39, 0.29) is 0 Å². The SMILES string of the molecule is CCCCC1CCN(CC)C1(OCC)OCC. The van der Waals surface area contributed by atoms with Crippen LogP contribution >= 0.6 is 0 Å². The lowest BCUT2D eigenvalue weighted by molar-refractivity contribution is -0.321. The largest absolute Gasteiger partial charge is 0.337 e. The first-order valence-corrected chi connectivity index (χ1v) is 7.28. The van der Waals surface area contributed by atoms with E-state index in [9.17, 15) is 0 Å². The van der Waals surface area contributed by atoms with Gasteiger partial charge in [-0.05, 0) is 26.7 Å². The summed E-state index contributed by atoms with van der Waals surface area (Å²) in [6, 6.07) is 0. The number of likely N-dealkylation sites (tertiary alicyclic amines) is 1. The van der Waals surface area contributed by atoms with Gasteiger partial charge in [0.2, 0.25) is 5.91 Å². The van der Waals surface area contributed by atoms with Crippen LogP contribution < -0.4 is 0 Å². The van der Waals surface area contributed by atoms with E-state index in [0.29, 0.717) is 5.92 Å². The van der Waals surface area contributed by atoms with Gasteiger partial charge in [0.05, 0.1) is 0 Å². The molecule has 1 fully saturated rings. The van der Waals surface area contributed by atoms with Crippen LogP contribution in [0.2, 0.25) is 0 Å². The van der Waals surface area contributed by atoms with Gasteiger partial charge in [-0.1, -0.05) is 26.7 Å². The Labute approximate surface area is 106 Å². The van der Waals surface area contributed by atoms with Gasteiger partial charge < -0.3 is 9.47 Å². The van der Waals surface area contributed by atoms with Gasteiger partial charge in [-0.3, -0.25) is 4.90 Å². The summed E-state index contributed by atoms with van der Waals surface area (Å²) in [6.07, 6.45) is 4.93. The van der Waals surface area contributed by atoms with E-state index in [1.807, 2.05) is 0 Å². The maximum absolute atomic E-state index is 6.05. The van der Waals surface area contributed by atoms with E-state index < -0.39 is 5.91 Å². The summed E-state index contributed by atoms with van der Waals surface area (Å²) in [4.78, 5) is 2.36. The van der Waals surface area contributed by atoms with Crippen molar-refractivity contribution in [3.63, 3.8) is 0 Å². The van der Waals surface area contributed by atoms with Gasteiger partial charge in [-0.2, -0.15) is 0 Å². The van der Waals surface area contributed by atoms with Crippen molar-refractivity contribution in [1.29, 1.82) is 0 Å². The van der Waals surface area contributed by atoms with Crippen LogP contribution in [0.4, 0.5) is 0 Å². The summed E-state index contributed by atoms with van der Waals surface area (Å²) >= 11 is 0. The zero-order chi connectivity index (χ0) is 12.7. The van der Waals surface area contributed by atoms with Crippen molar-refractivity contribution in [2.45, 2.75) is 59.3 Å². The molecule has 3 nitrogen and oxygen atoms in total. The number of ether oxygens (including phenoxy) is 2. The summed E-state index contributed by atoms with van der Waals surface area (Å²) < 4.78 is 12.1. The third kappa shape index (κ3) is 3.21. The summed E-state index contributed by atoms with van der Waals surface area (Å²) in [6.45, 7) is 12.1. The molecule has 1 heterocycles. The molecule has 1 rings (SSSR count). The molecule has 0 spiro atoms. The molecule has 0 amide bonds. The molecule has 1 saturated heterocycles. The minimum atomic E-state index is -0.437. The van der Waals surface area contributed by atoms with Crippen molar-refractivity contribution in [1.82, 2.24) is 4.90 Å². The number of nitrogens with zero attached hydrogens (tertiary/aromatic N) is 1. The topological polar surface area (TPSA) is 21.7 Å². The minimum Gasteiger partial charge on any atom is -0.337 e. The lowest BCUT2D eigenvalue weighted by Crippen LogP contribution is -2.52. The van der Waals surface area contributed by atoms with Crippen molar-refractivity contribution >= 4 is 0 Å². The molecule has 0 aromatic rings. The van der Waals surface area contributed by atoms with E-state index in [0.717, 1.165) is 26.3 Å². The van der Waals surface area contributed by atoms with Crippen LogP contribution in [0.3, 0.4) is 0 Å². The first-order chi connectivity index (χ1) is 8.25. The fraction of sp³-hybridized carbons (Fsp3) is 1.00. The Balaban J connectivity index is 2.79. The van der Waals surface area contributed by atoms with Gasteiger partial charge in [0.15, 0.2) is 0 Å². The molecule has 102 valence electrons. The summed E-state index contributed by atoms with van der Waals surface area (Å²) in [5.41, 5.74) is 0. The van der Waals surface area contributed by atoms with Crippen LogP contribution in [0.1, 0.15) is 53.4 Å². The second kappa shape index (κ2) is 7.34. The first kappa shape index (κ1) is 14.9. The zero-order valence-electron chi connectivity index (χ0n) is 12.0. The Hall–Kier alpha value is -0.120. The third-order valence-electron chi connectivity index (χ3n) is 3.69. The molecular weight excluding hydrogens is 214 g/mol. The Morgan fingerprint density at radius 3 is 2.24 bits per heavy atom. The van der Waals surface area contributed by atoms with Crippen molar-refractivity contribution in [3.05, 3.63) is 0 Å². The van der Waals surface area contributed by atoms with Crippen LogP contribution in [0.15, 0.2) is 0 Å². The van der Waals surface area contributed by atoms with Gasteiger partial charge >= 0.3 is 0 Å². The second-order valence-corrected chi connectivity index (χ2v) is 4.70. The van der Waals surface area contributed by atoms with Crippen LogP contribution in [0.25, 0.3) is 0 Å². The Bertz CT molecular complexity index is 202. The predicted molar refractivity (Wildman–Crippen MR) is 70.9 cm³/mol. The van der Waals surface area contributed by atoms with Gasteiger partial charge in [0, 0.05) is 32.2 Å². The molecule has 1 aliphatic rings. The molecule has 1 unspecified atom stereocenters. The maximum Gasteiger partial charge on any atom is 0.232 e. The Morgan fingerprint density at radius 1 is 1.12 bits per heavy atom. The fourth-order valence-corrected chi connectivity index (χ4v) is 2.94. The lowest BCUT2D eigenvalue weighted by atomic mass is 9.97. The van der Waals surface area contributed by atoms with Gasteiger partial charge in [0.1, 0.15) is 0 Å². The molecule has 17 heavy (non-hydrogen) atoms. The van der Waals surface area contributed by atoms with Crippen LogP contribution in [-0.2, 0) is 9.47 Å². The highest BCUT2D eigenvalue weighted by atomic mass is 16.7. The first-order valence-electron chi connectivity index (χ1n) is 7.28. The van der Waals surface area contributed by atoms with E-state index in [1.54, 1.807) is 0 Å². The molecule has 0 N–H and O–H groups in total. The van der Waals surface area contributed by atoms with E-state index in [4.69, 9.17) is 9.47 Å². The maximum atomic E-state index is 6.05. The average Bonchev–Trinajstić information content (AvgIpc) is 2.65. The van der Waals surface area contributed by atoms with E-state index in [2.05, 4.69) is 32.6 Å². The summed E-state index contributed by atoms with van der Waals surface area (Å²) in [5.74, 6) is 0.0928. The van der Waals surface area contributed by atoms with Crippen molar-refractivity contribution in [3.8, 4) is 0 Å². The van der Waals surface area contributed by atoms with Crippen LogP contribution in [0.5, 0.6) is 0 Å². The van der Waals surface area contributed by atoms with Crippen molar-refractivity contribution < 1.29 is 9.47 Å². The highest BCUT2D eigenvalue weighted by Crippen LogP contribution is 2.40. The number of rotatable bonds is 8. The Kier molecular flexibility index (Phi) is 6.45. The normalized spacial score (nSPS) is 24.4. The minimum absolute atomic E-state index is 0.437. The third-order valence-corrected chi connectivity index (χ3v) is 3.69. The molecule has 0 bridgehead atoms. The van der Waals surface area contributed by atoms with Gasteiger partial charge in [0.25, 0.3) is 0 Å². The summed E-state index contributed by atoms with van der Waals surface area (Å²) in [5, 5.41) is 0. The fourth-order valence-electron chi connectivity index (χ4n) is 2.94. The van der Waals surface area contributed by atoms with Gasteiger partial charge in [-0.15, -0.1) is 0 Å². The van der Waals surface area contributed by atoms with E-state index >= 15 is 0 Å². The van der Waals surface area contributed by atoms with Crippen LogP contribution in [0, 0.1) is 5.92 Å². The molecule has 0 aromatic carbocycles. The Morgan fingerprint density at radius 2 is 1.76 bits per heavy atom. The molecule has 0 radical (unpaired) electrons. The molecule has 1 atom stereocenters. The molecule has 0 aromatic heterocycles. The number of hydrogen-bond donors (Lipinski definition) is 0.